The quantitative estimate of drug-likeness (QED) is 0.788. The van der Waals surface area contributed by atoms with Crippen molar-refractivity contribution in [3.05, 3.63) is 5.51 Å². The van der Waals surface area contributed by atoms with Crippen LogP contribution in [0.3, 0.4) is 0 Å². The first-order chi connectivity index (χ1) is 9.21. The normalized spacial score (nSPS) is 27.8. The molecule has 2 aliphatic rings. The SMILES string of the molecule is CC(=O)N1CCCCC12CCCN(c1nncs1)C2. The van der Waals surface area contributed by atoms with Crippen molar-refractivity contribution in [1.29, 1.82) is 0 Å². The maximum absolute atomic E-state index is 11.9. The molecular formula is C13H20N4OS. The van der Waals surface area contributed by atoms with Crippen LogP contribution in [0.5, 0.6) is 0 Å². The van der Waals surface area contributed by atoms with Gasteiger partial charge in [0.15, 0.2) is 0 Å². The van der Waals surface area contributed by atoms with Gasteiger partial charge in [0.2, 0.25) is 11.0 Å². The van der Waals surface area contributed by atoms with E-state index in [2.05, 4.69) is 20.0 Å². The number of amides is 1. The monoisotopic (exact) mass is 280 g/mol. The standard InChI is InChI=1S/C13H20N4OS/c1-11(18)17-8-3-2-5-13(17)6-4-7-16(9-13)12-15-14-10-19-12/h10H,2-9H2,1H3. The smallest absolute Gasteiger partial charge is 0.219 e. The van der Waals surface area contributed by atoms with Crippen molar-refractivity contribution in [3.8, 4) is 0 Å². The number of hydrogen-bond acceptors (Lipinski definition) is 5. The minimum Gasteiger partial charge on any atom is -0.344 e. The molecule has 1 unspecified atom stereocenters. The molecule has 104 valence electrons. The number of aromatic nitrogens is 2. The lowest BCUT2D eigenvalue weighted by atomic mass is 9.80. The minimum atomic E-state index is 0.0357. The highest BCUT2D eigenvalue weighted by molar-refractivity contribution is 7.13. The van der Waals surface area contributed by atoms with Crippen molar-refractivity contribution < 1.29 is 4.79 Å². The number of anilines is 1. The third-order valence-electron chi connectivity index (χ3n) is 4.40. The Morgan fingerprint density at radius 2 is 2.16 bits per heavy atom. The van der Waals surface area contributed by atoms with Crippen molar-refractivity contribution in [2.24, 2.45) is 0 Å². The second-order valence-corrected chi connectivity index (χ2v) is 6.41. The van der Waals surface area contributed by atoms with E-state index in [-0.39, 0.29) is 11.4 Å². The number of nitrogens with zero attached hydrogens (tertiary/aromatic N) is 4. The van der Waals surface area contributed by atoms with E-state index in [1.54, 1.807) is 23.8 Å². The average Bonchev–Trinajstić information content (AvgIpc) is 2.93. The summed E-state index contributed by atoms with van der Waals surface area (Å²) in [4.78, 5) is 16.4. The molecule has 0 radical (unpaired) electrons. The van der Waals surface area contributed by atoms with E-state index in [1.807, 2.05) is 0 Å². The maximum atomic E-state index is 11.9. The van der Waals surface area contributed by atoms with Crippen LogP contribution in [0.1, 0.15) is 39.0 Å². The molecule has 5 nitrogen and oxygen atoms in total. The van der Waals surface area contributed by atoms with Gasteiger partial charge in [0.1, 0.15) is 5.51 Å². The molecule has 6 heteroatoms. The zero-order chi connectivity index (χ0) is 13.3. The predicted octanol–water partition coefficient (Wildman–Crippen LogP) is 1.91. The van der Waals surface area contributed by atoms with Crippen LogP contribution in [0.25, 0.3) is 0 Å². The van der Waals surface area contributed by atoms with Gasteiger partial charge in [-0.25, -0.2) is 0 Å². The molecular weight excluding hydrogens is 260 g/mol. The molecule has 0 bridgehead atoms. The number of carbonyl (C=O) groups is 1. The minimum absolute atomic E-state index is 0.0357. The summed E-state index contributed by atoms with van der Waals surface area (Å²) in [5.41, 5.74) is 1.81. The number of hydrogen-bond donors (Lipinski definition) is 0. The van der Waals surface area contributed by atoms with E-state index >= 15 is 0 Å². The zero-order valence-electron chi connectivity index (χ0n) is 11.3. The fourth-order valence-electron chi connectivity index (χ4n) is 3.59. The third-order valence-corrected chi connectivity index (χ3v) is 5.15. The summed E-state index contributed by atoms with van der Waals surface area (Å²) in [6, 6.07) is 0. The van der Waals surface area contributed by atoms with Gasteiger partial charge < -0.3 is 9.80 Å². The highest BCUT2D eigenvalue weighted by Gasteiger charge is 2.43. The number of likely N-dealkylation sites (tertiary alicyclic amines) is 1. The summed E-state index contributed by atoms with van der Waals surface area (Å²) in [5.74, 6) is 0.221. The van der Waals surface area contributed by atoms with Crippen LogP contribution in [-0.4, -0.2) is 46.2 Å². The molecule has 3 heterocycles. The van der Waals surface area contributed by atoms with Gasteiger partial charge in [-0.3, -0.25) is 4.79 Å². The first-order valence-electron chi connectivity index (χ1n) is 7.01. The largest absolute Gasteiger partial charge is 0.344 e. The lowest BCUT2D eigenvalue weighted by Crippen LogP contribution is -2.62. The van der Waals surface area contributed by atoms with E-state index in [4.69, 9.17) is 0 Å². The summed E-state index contributed by atoms with van der Waals surface area (Å²) in [7, 11) is 0. The fourth-order valence-corrected chi connectivity index (χ4v) is 4.18. The Morgan fingerprint density at radius 1 is 1.32 bits per heavy atom. The molecule has 1 aromatic heterocycles. The first-order valence-corrected chi connectivity index (χ1v) is 7.89. The Bertz CT molecular complexity index is 446. The Hall–Kier alpha value is -1.17. The van der Waals surface area contributed by atoms with E-state index in [0.717, 1.165) is 50.4 Å². The molecule has 2 saturated heterocycles. The van der Waals surface area contributed by atoms with Crippen LogP contribution >= 0.6 is 11.3 Å². The maximum Gasteiger partial charge on any atom is 0.219 e. The molecule has 0 saturated carbocycles. The third kappa shape index (κ3) is 2.33. The van der Waals surface area contributed by atoms with Gasteiger partial charge in [-0.05, 0) is 32.1 Å². The van der Waals surface area contributed by atoms with Gasteiger partial charge in [0.25, 0.3) is 0 Å². The van der Waals surface area contributed by atoms with E-state index in [1.165, 1.54) is 6.42 Å². The number of carbonyl (C=O) groups excluding carboxylic acids is 1. The molecule has 0 aromatic carbocycles. The van der Waals surface area contributed by atoms with E-state index in [0.29, 0.717) is 0 Å². The summed E-state index contributed by atoms with van der Waals surface area (Å²) in [6.45, 7) is 4.57. The van der Waals surface area contributed by atoms with Crippen LogP contribution < -0.4 is 4.90 Å². The summed E-state index contributed by atoms with van der Waals surface area (Å²) < 4.78 is 0. The number of rotatable bonds is 1. The molecule has 19 heavy (non-hydrogen) atoms. The summed E-state index contributed by atoms with van der Waals surface area (Å²) in [5, 5.41) is 9.10. The topological polar surface area (TPSA) is 49.3 Å². The Balaban J connectivity index is 1.83. The second kappa shape index (κ2) is 5.07. The van der Waals surface area contributed by atoms with Gasteiger partial charge in [-0.1, -0.05) is 11.3 Å². The van der Waals surface area contributed by atoms with Crippen LogP contribution in [0.2, 0.25) is 0 Å². The lowest BCUT2D eigenvalue weighted by Gasteiger charge is -2.52. The first kappa shape index (κ1) is 12.8. The van der Waals surface area contributed by atoms with Crippen LogP contribution in [-0.2, 0) is 4.79 Å². The van der Waals surface area contributed by atoms with Gasteiger partial charge in [0, 0.05) is 26.6 Å². The van der Waals surface area contributed by atoms with Crippen molar-refractivity contribution >= 4 is 22.4 Å². The number of piperidine rings is 2. The Morgan fingerprint density at radius 3 is 2.89 bits per heavy atom. The lowest BCUT2D eigenvalue weighted by molar-refractivity contribution is -0.138. The van der Waals surface area contributed by atoms with E-state index in [9.17, 15) is 4.79 Å². The second-order valence-electron chi connectivity index (χ2n) is 5.60. The predicted molar refractivity (Wildman–Crippen MR) is 75.3 cm³/mol. The highest BCUT2D eigenvalue weighted by atomic mass is 32.1. The van der Waals surface area contributed by atoms with Crippen LogP contribution in [0.15, 0.2) is 5.51 Å². The highest BCUT2D eigenvalue weighted by Crippen LogP contribution is 2.37. The molecule has 1 atom stereocenters. The van der Waals surface area contributed by atoms with E-state index < -0.39 is 0 Å². The molecule has 0 aliphatic carbocycles. The van der Waals surface area contributed by atoms with Crippen LogP contribution in [0.4, 0.5) is 5.13 Å². The Kier molecular flexibility index (Phi) is 3.43. The van der Waals surface area contributed by atoms with Gasteiger partial charge in [-0.2, -0.15) is 0 Å². The average molecular weight is 280 g/mol. The molecule has 1 spiro atoms. The molecule has 2 fully saturated rings. The molecule has 1 aromatic rings. The van der Waals surface area contributed by atoms with Crippen molar-refractivity contribution in [2.75, 3.05) is 24.5 Å². The van der Waals surface area contributed by atoms with Crippen molar-refractivity contribution in [1.82, 2.24) is 15.1 Å². The molecule has 0 N–H and O–H groups in total. The van der Waals surface area contributed by atoms with Crippen LogP contribution in [0, 0.1) is 0 Å². The van der Waals surface area contributed by atoms with Gasteiger partial charge in [0.05, 0.1) is 5.54 Å². The summed E-state index contributed by atoms with van der Waals surface area (Å²) >= 11 is 1.59. The molecule has 2 aliphatic heterocycles. The van der Waals surface area contributed by atoms with Crippen molar-refractivity contribution in [3.63, 3.8) is 0 Å². The molecule has 3 rings (SSSR count). The fraction of sp³-hybridized carbons (Fsp3) is 0.769. The van der Waals surface area contributed by atoms with Gasteiger partial charge in [-0.15, -0.1) is 10.2 Å². The van der Waals surface area contributed by atoms with Crippen molar-refractivity contribution in [2.45, 2.75) is 44.6 Å². The Labute approximate surface area is 117 Å². The zero-order valence-corrected chi connectivity index (χ0v) is 12.2. The van der Waals surface area contributed by atoms with Gasteiger partial charge >= 0.3 is 0 Å². The molecule has 1 amide bonds. The summed E-state index contributed by atoms with van der Waals surface area (Å²) in [6.07, 6.45) is 5.75.